The molecule has 2 heterocycles. The quantitative estimate of drug-likeness (QED) is 0.540. The molecular weight excluding hydrogens is 382 g/mol. The van der Waals surface area contributed by atoms with Gasteiger partial charge in [0.25, 0.3) is 0 Å². The topological polar surface area (TPSA) is 93.9 Å². The van der Waals surface area contributed by atoms with Gasteiger partial charge in [0, 0.05) is 23.6 Å². The van der Waals surface area contributed by atoms with Crippen LogP contribution in [0.15, 0.2) is 27.4 Å². The van der Waals surface area contributed by atoms with Gasteiger partial charge in [-0.2, -0.15) is 4.31 Å². The number of carbonyl (C=O) groups is 1. The average molecular weight is 407 g/mol. The Morgan fingerprint density at radius 1 is 1.32 bits per heavy atom. The third kappa shape index (κ3) is 3.98. The number of aryl methyl sites for hydroxylation is 2. The van der Waals surface area contributed by atoms with E-state index in [0.29, 0.717) is 42.3 Å². The fourth-order valence-electron chi connectivity index (χ4n) is 3.57. The summed E-state index contributed by atoms with van der Waals surface area (Å²) in [6.07, 6.45) is 1.56. The van der Waals surface area contributed by atoms with Crippen molar-refractivity contribution in [2.45, 2.75) is 52.7 Å². The van der Waals surface area contributed by atoms with Crippen molar-refractivity contribution < 1.29 is 22.4 Å². The molecule has 1 aromatic carbocycles. The standard InChI is InChI=1S/C20H25NO6S/c1-4-10-28(24,25)21-9-5-6-17(21)20(23)26-12-15-11-18(22)27-19-14(3)13(2)7-8-16(15)19/h7-8,11,17H,4-6,9-10,12H2,1-3H3/t17-/m0/s1. The molecule has 0 unspecified atom stereocenters. The highest BCUT2D eigenvalue weighted by Crippen LogP contribution is 2.26. The van der Waals surface area contributed by atoms with Gasteiger partial charge in [0.2, 0.25) is 10.0 Å². The fraction of sp³-hybridized carbons (Fsp3) is 0.500. The summed E-state index contributed by atoms with van der Waals surface area (Å²) in [5.41, 5.74) is 2.36. The third-order valence-corrected chi connectivity index (χ3v) is 7.26. The van der Waals surface area contributed by atoms with E-state index in [2.05, 4.69) is 0 Å². The first-order chi connectivity index (χ1) is 13.2. The predicted molar refractivity (Wildman–Crippen MR) is 106 cm³/mol. The van der Waals surface area contributed by atoms with Gasteiger partial charge in [0.05, 0.1) is 5.75 Å². The molecule has 0 saturated carbocycles. The zero-order chi connectivity index (χ0) is 20.5. The third-order valence-electron chi connectivity index (χ3n) is 5.18. The number of carbonyl (C=O) groups excluding carboxylic acids is 1. The van der Waals surface area contributed by atoms with Gasteiger partial charge in [-0.05, 0) is 44.2 Å². The molecule has 1 saturated heterocycles. The van der Waals surface area contributed by atoms with Gasteiger partial charge < -0.3 is 9.15 Å². The zero-order valence-corrected chi connectivity index (χ0v) is 17.2. The summed E-state index contributed by atoms with van der Waals surface area (Å²) in [4.78, 5) is 24.5. The molecule has 1 aliphatic heterocycles. The molecule has 28 heavy (non-hydrogen) atoms. The minimum Gasteiger partial charge on any atom is -0.460 e. The molecule has 0 radical (unpaired) electrons. The summed E-state index contributed by atoms with van der Waals surface area (Å²) in [5.74, 6) is -0.567. The van der Waals surface area contributed by atoms with Crippen molar-refractivity contribution in [2.24, 2.45) is 0 Å². The van der Waals surface area contributed by atoms with Crippen molar-refractivity contribution >= 4 is 27.0 Å². The zero-order valence-electron chi connectivity index (χ0n) is 16.4. The lowest BCUT2D eigenvalue weighted by Crippen LogP contribution is -2.42. The first-order valence-corrected chi connectivity index (χ1v) is 11.0. The van der Waals surface area contributed by atoms with E-state index in [0.717, 1.165) is 11.1 Å². The number of nitrogens with zero attached hydrogens (tertiary/aromatic N) is 1. The van der Waals surface area contributed by atoms with Crippen LogP contribution in [0.25, 0.3) is 11.0 Å². The van der Waals surface area contributed by atoms with E-state index in [1.54, 1.807) is 6.92 Å². The minimum absolute atomic E-state index is 0.0137. The van der Waals surface area contributed by atoms with E-state index in [4.69, 9.17) is 9.15 Å². The molecule has 0 aliphatic carbocycles. The van der Waals surface area contributed by atoms with Crippen LogP contribution >= 0.6 is 0 Å². The maximum atomic E-state index is 12.6. The number of sulfonamides is 1. The van der Waals surface area contributed by atoms with Gasteiger partial charge in [-0.15, -0.1) is 0 Å². The second-order valence-electron chi connectivity index (χ2n) is 7.17. The molecule has 2 aromatic rings. The average Bonchev–Trinajstić information content (AvgIpc) is 3.14. The second-order valence-corrected chi connectivity index (χ2v) is 9.21. The monoisotopic (exact) mass is 407 g/mol. The molecule has 152 valence electrons. The number of benzene rings is 1. The Balaban J connectivity index is 1.82. The molecule has 3 rings (SSSR count). The van der Waals surface area contributed by atoms with E-state index in [1.165, 1.54) is 10.4 Å². The molecule has 0 spiro atoms. The lowest BCUT2D eigenvalue weighted by molar-refractivity contribution is -0.148. The van der Waals surface area contributed by atoms with Crippen LogP contribution in [0.1, 0.15) is 42.9 Å². The molecule has 1 aromatic heterocycles. The normalized spacial score (nSPS) is 17.9. The Bertz CT molecular complexity index is 1060. The number of esters is 1. The Labute approximate surface area is 164 Å². The van der Waals surface area contributed by atoms with Gasteiger partial charge >= 0.3 is 11.6 Å². The van der Waals surface area contributed by atoms with Crippen LogP contribution < -0.4 is 5.63 Å². The first-order valence-electron chi connectivity index (χ1n) is 9.43. The Morgan fingerprint density at radius 2 is 2.07 bits per heavy atom. The number of ether oxygens (including phenoxy) is 1. The summed E-state index contributed by atoms with van der Waals surface area (Å²) in [6.45, 7) is 5.80. The number of hydrogen-bond donors (Lipinski definition) is 0. The van der Waals surface area contributed by atoms with E-state index < -0.39 is 27.7 Å². The van der Waals surface area contributed by atoms with E-state index in [1.807, 2.05) is 26.0 Å². The molecule has 1 aliphatic rings. The molecule has 0 bridgehead atoms. The van der Waals surface area contributed by atoms with E-state index in [-0.39, 0.29) is 12.4 Å². The molecular formula is C20H25NO6S. The Hall–Kier alpha value is -2.19. The Kier molecular flexibility index (Phi) is 5.90. The number of rotatable bonds is 6. The van der Waals surface area contributed by atoms with Gasteiger partial charge in [0.15, 0.2) is 0 Å². The van der Waals surface area contributed by atoms with Gasteiger partial charge in [-0.3, -0.25) is 4.79 Å². The van der Waals surface area contributed by atoms with Crippen LogP contribution in [0, 0.1) is 13.8 Å². The van der Waals surface area contributed by atoms with Crippen LogP contribution in [0.5, 0.6) is 0 Å². The molecule has 7 nitrogen and oxygen atoms in total. The van der Waals surface area contributed by atoms with Crippen LogP contribution in [0.4, 0.5) is 0 Å². The van der Waals surface area contributed by atoms with Crippen molar-refractivity contribution in [3.8, 4) is 0 Å². The number of hydrogen-bond acceptors (Lipinski definition) is 6. The lowest BCUT2D eigenvalue weighted by atomic mass is 10.0. The van der Waals surface area contributed by atoms with Crippen LogP contribution in [0.2, 0.25) is 0 Å². The van der Waals surface area contributed by atoms with Crippen molar-refractivity contribution in [2.75, 3.05) is 12.3 Å². The molecule has 1 atom stereocenters. The summed E-state index contributed by atoms with van der Waals surface area (Å²) in [7, 11) is -3.47. The van der Waals surface area contributed by atoms with Crippen molar-refractivity contribution in [1.82, 2.24) is 4.31 Å². The van der Waals surface area contributed by atoms with Crippen LogP contribution in [-0.4, -0.2) is 37.0 Å². The maximum Gasteiger partial charge on any atom is 0.336 e. The van der Waals surface area contributed by atoms with Crippen LogP contribution in [-0.2, 0) is 26.2 Å². The minimum atomic E-state index is -3.47. The molecule has 0 N–H and O–H groups in total. The van der Waals surface area contributed by atoms with E-state index in [9.17, 15) is 18.0 Å². The van der Waals surface area contributed by atoms with Gasteiger partial charge in [-0.25, -0.2) is 13.2 Å². The first kappa shape index (κ1) is 20.5. The highest BCUT2D eigenvalue weighted by atomic mass is 32.2. The summed E-state index contributed by atoms with van der Waals surface area (Å²) >= 11 is 0. The fourth-order valence-corrected chi connectivity index (χ4v) is 5.31. The largest absolute Gasteiger partial charge is 0.460 e. The SMILES string of the molecule is CCCS(=O)(=O)N1CCC[C@H]1C(=O)OCc1cc(=O)oc2c(C)c(C)ccc12. The van der Waals surface area contributed by atoms with Crippen molar-refractivity contribution in [3.63, 3.8) is 0 Å². The van der Waals surface area contributed by atoms with Crippen molar-refractivity contribution in [1.29, 1.82) is 0 Å². The predicted octanol–water partition coefficient (Wildman–Crippen LogP) is 2.66. The number of fused-ring (bicyclic) bond motifs is 1. The Morgan fingerprint density at radius 3 is 2.79 bits per heavy atom. The van der Waals surface area contributed by atoms with Crippen molar-refractivity contribution in [3.05, 3.63) is 45.3 Å². The summed E-state index contributed by atoms with van der Waals surface area (Å²) < 4.78 is 36.8. The van der Waals surface area contributed by atoms with Gasteiger partial charge in [0.1, 0.15) is 18.2 Å². The maximum absolute atomic E-state index is 12.6. The summed E-state index contributed by atoms with van der Waals surface area (Å²) in [6, 6.07) is 4.26. The highest BCUT2D eigenvalue weighted by Gasteiger charge is 2.39. The lowest BCUT2D eigenvalue weighted by Gasteiger charge is -2.22. The highest BCUT2D eigenvalue weighted by molar-refractivity contribution is 7.89. The van der Waals surface area contributed by atoms with E-state index >= 15 is 0 Å². The van der Waals surface area contributed by atoms with Crippen LogP contribution in [0.3, 0.4) is 0 Å². The second kappa shape index (κ2) is 8.05. The summed E-state index contributed by atoms with van der Waals surface area (Å²) in [5, 5.41) is 0.706. The smallest absolute Gasteiger partial charge is 0.336 e. The molecule has 8 heteroatoms. The van der Waals surface area contributed by atoms with Gasteiger partial charge in [-0.1, -0.05) is 19.1 Å². The molecule has 0 amide bonds. The molecule has 1 fully saturated rings.